The minimum absolute atomic E-state index is 0.218. The van der Waals surface area contributed by atoms with Gasteiger partial charge in [-0.1, -0.05) is 30.3 Å². The molecule has 0 aromatic heterocycles. The van der Waals surface area contributed by atoms with Crippen LogP contribution >= 0.6 is 0 Å². The zero-order chi connectivity index (χ0) is 15.6. The summed E-state index contributed by atoms with van der Waals surface area (Å²) in [5.41, 5.74) is 0.389. The number of esters is 1. The number of carbonyl (C=O) groups is 1. The minimum atomic E-state index is -0.522. The Morgan fingerprint density at radius 3 is 2.38 bits per heavy atom. The third kappa shape index (κ3) is 3.18. The molecule has 0 amide bonds. The van der Waals surface area contributed by atoms with Crippen molar-refractivity contribution in [1.82, 2.24) is 0 Å². The number of fused-ring (bicyclic) bond motifs is 1. The second kappa shape index (κ2) is 5.76. The van der Waals surface area contributed by atoms with Gasteiger partial charge < -0.3 is 9.47 Å². The molecule has 2 aromatic rings. The highest BCUT2D eigenvalue weighted by atomic mass is 16.5. The van der Waals surface area contributed by atoms with Crippen molar-refractivity contribution >= 4 is 16.7 Å². The van der Waals surface area contributed by atoms with Crippen molar-refractivity contribution in [3.8, 4) is 5.75 Å². The predicted molar refractivity (Wildman–Crippen MR) is 84.5 cm³/mol. The standard InChI is InChI=1S/C18H22O3/c1-12(21-17(19)18(2,3)4)16-14-9-7-6-8-13(14)10-11-15(16)20-5/h6-12H,1-5H3/t12-/m1/s1. The molecule has 0 aliphatic carbocycles. The van der Waals surface area contributed by atoms with Crippen LogP contribution in [0.2, 0.25) is 0 Å². The van der Waals surface area contributed by atoms with Gasteiger partial charge >= 0.3 is 5.97 Å². The van der Waals surface area contributed by atoms with Crippen LogP contribution in [-0.2, 0) is 9.53 Å². The third-order valence-corrected chi connectivity index (χ3v) is 3.45. The molecular formula is C18H22O3. The van der Waals surface area contributed by atoms with E-state index in [0.29, 0.717) is 0 Å². The van der Waals surface area contributed by atoms with Gasteiger partial charge in [-0.2, -0.15) is 0 Å². The van der Waals surface area contributed by atoms with Gasteiger partial charge in [0.05, 0.1) is 12.5 Å². The van der Waals surface area contributed by atoms with Gasteiger partial charge in [0.15, 0.2) is 0 Å². The first-order chi connectivity index (χ1) is 9.84. The van der Waals surface area contributed by atoms with Crippen LogP contribution in [0.5, 0.6) is 5.75 Å². The first-order valence-corrected chi connectivity index (χ1v) is 7.11. The lowest BCUT2D eigenvalue weighted by atomic mass is 9.96. The van der Waals surface area contributed by atoms with Gasteiger partial charge in [-0.3, -0.25) is 4.79 Å². The number of benzene rings is 2. The van der Waals surface area contributed by atoms with E-state index >= 15 is 0 Å². The third-order valence-electron chi connectivity index (χ3n) is 3.45. The summed E-state index contributed by atoms with van der Waals surface area (Å²) in [5, 5.41) is 2.15. The van der Waals surface area contributed by atoms with Crippen LogP contribution < -0.4 is 4.74 Å². The van der Waals surface area contributed by atoms with Crippen LogP contribution in [0.1, 0.15) is 39.4 Å². The van der Waals surface area contributed by atoms with Crippen LogP contribution in [-0.4, -0.2) is 13.1 Å². The summed E-state index contributed by atoms with van der Waals surface area (Å²) >= 11 is 0. The van der Waals surface area contributed by atoms with Crippen LogP contribution in [0.3, 0.4) is 0 Å². The van der Waals surface area contributed by atoms with Gasteiger partial charge in [0.2, 0.25) is 0 Å². The van der Waals surface area contributed by atoms with E-state index in [0.717, 1.165) is 22.1 Å². The molecule has 0 heterocycles. The van der Waals surface area contributed by atoms with Gasteiger partial charge in [-0.15, -0.1) is 0 Å². The Balaban J connectivity index is 2.46. The molecule has 0 saturated carbocycles. The van der Waals surface area contributed by atoms with Crippen molar-refractivity contribution < 1.29 is 14.3 Å². The minimum Gasteiger partial charge on any atom is -0.496 e. The summed E-state index contributed by atoms with van der Waals surface area (Å²) in [6.07, 6.45) is -0.363. The summed E-state index contributed by atoms with van der Waals surface area (Å²) < 4.78 is 11.1. The Labute approximate surface area is 125 Å². The van der Waals surface area contributed by atoms with Gasteiger partial charge in [0.25, 0.3) is 0 Å². The lowest BCUT2D eigenvalue weighted by molar-refractivity contribution is -0.158. The van der Waals surface area contributed by atoms with Gasteiger partial charge in [0.1, 0.15) is 11.9 Å². The maximum Gasteiger partial charge on any atom is 0.311 e. The number of rotatable bonds is 3. The zero-order valence-corrected chi connectivity index (χ0v) is 13.3. The van der Waals surface area contributed by atoms with E-state index in [1.165, 1.54) is 0 Å². The van der Waals surface area contributed by atoms with E-state index < -0.39 is 5.41 Å². The average molecular weight is 286 g/mol. The van der Waals surface area contributed by atoms with Crippen molar-refractivity contribution in [2.45, 2.75) is 33.8 Å². The predicted octanol–water partition coefficient (Wildman–Crippen LogP) is 4.50. The first kappa shape index (κ1) is 15.4. The second-order valence-corrected chi connectivity index (χ2v) is 6.20. The highest BCUT2D eigenvalue weighted by Gasteiger charge is 2.27. The maximum absolute atomic E-state index is 12.1. The normalized spacial score (nSPS) is 13.0. The molecule has 0 radical (unpaired) electrons. The first-order valence-electron chi connectivity index (χ1n) is 7.11. The molecule has 21 heavy (non-hydrogen) atoms. The molecule has 2 rings (SSSR count). The molecule has 3 heteroatoms. The van der Waals surface area contributed by atoms with E-state index in [-0.39, 0.29) is 12.1 Å². The van der Waals surface area contributed by atoms with E-state index in [1.807, 2.05) is 64.1 Å². The van der Waals surface area contributed by atoms with Gasteiger partial charge in [-0.25, -0.2) is 0 Å². The molecule has 0 spiro atoms. The van der Waals surface area contributed by atoms with Crippen LogP contribution in [0.15, 0.2) is 36.4 Å². The van der Waals surface area contributed by atoms with E-state index in [4.69, 9.17) is 9.47 Å². The number of carbonyl (C=O) groups excluding carboxylic acids is 1. The number of methoxy groups -OCH3 is 1. The lowest BCUT2D eigenvalue weighted by Crippen LogP contribution is -2.24. The summed E-state index contributed by atoms with van der Waals surface area (Å²) in [7, 11) is 1.63. The zero-order valence-electron chi connectivity index (χ0n) is 13.3. The Kier molecular flexibility index (Phi) is 4.21. The van der Waals surface area contributed by atoms with Gasteiger partial charge in [-0.05, 0) is 44.5 Å². The topological polar surface area (TPSA) is 35.5 Å². The van der Waals surface area contributed by atoms with Crippen LogP contribution in [0.25, 0.3) is 10.8 Å². The monoisotopic (exact) mass is 286 g/mol. The molecule has 0 unspecified atom stereocenters. The summed E-state index contributed by atoms with van der Waals surface area (Å²) in [4.78, 5) is 12.1. The Hall–Kier alpha value is -2.03. The second-order valence-electron chi connectivity index (χ2n) is 6.20. The van der Waals surface area contributed by atoms with E-state index in [9.17, 15) is 4.79 Å². The molecule has 3 nitrogen and oxygen atoms in total. The molecular weight excluding hydrogens is 264 g/mol. The number of ether oxygens (including phenoxy) is 2. The molecule has 0 fully saturated rings. The van der Waals surface area contributed by atoms with Crippen molar-refractivity contribution in [3.05, 3.63) is 42.0 Å². The lowest BCUT2D eigenvalue weighted by Gasteiger charge is -2.23. The highest BCUT2D eigenvalue weighted by Crippen LogP contribution is 2.35. The fraction of sp³-hybridized carbons (Fsp3) is 0.389. The Bertz CT molecular complexity index is 653. The molecule has 1 atom stereocenters. The average Bonchev–Trinajstić information content (AvgIpc) is 2.44. The van der Waals surface area contributed by atoms with Crippen molar-refractivity contribution in [2.24, 2.45) is 5.41 Å². The number of hydrogen-bond acceptors (Lipinski definition) is 3. The summed E-state index contributed by atoms with van der Waals surface area (Å²) in [6.45, 7) is 7.43. The fourth-order valence-corrected chi connectivity index (χ4v) is 2.27. The Morgan fingerprint density at radius 1 is 1.10 bits per heavy atom. The van der Waals surface area contributed by atoms with E-state index in [1.54, 1.807) is 7.11 Å². The summed E-state index contributed by atoms with van der Waals surface area (Å²) in [6, 6.07) is 12.0. The molecule has 0 N–H and O–H groups in total. The van der Waals surface area contributed by atoms with Crippen LogP contribution in [0.4, 0.5) is 0 Å². The smallest absolute Gasteiger partial charge is 0.311 e. The quantitative estimate of drug-likeness (QED) is 0.779. The van der Waals surface area contributed by atoms with Crippen molar-refractivity contribution in [3.63, 3.8) is 0 Å². The SMILES string of the molecule is COc1ccc2ccccc2c1[C@@H](C)OC(=O)C(C)(C)C. The van der Waals surface area contributed by atoms with Crippen molar-refractivity contribution in [2.75, 3.05) is 7.11 Å². The Morgan fingerprint density at radius 2 is 1.76 bits per heavy atom. The highest BCUT2D eigenvalue weighted by molar-refractivity contribution is 5.88. The molecule has 0 aliphatic heterocycles. The fourth-order valence-electron chi connectivity index (χ4n) is 2.27. The molecule has 2 aromatic carbocycles. The largest absolute Gasteiger partial charge is 0.496 e. The van der Waals surface area contributed by atoms with E-state index in [2.05, 4.69) is 0 Å². The molecule has 0 bridgehead atoms. The maximum atomic E-state index is 12.1. The number of hydrogen-bond donors (Lipinski definition) is 0. The molecule has 0 aliphatic rings. The molecule has 112 valence electrons. The van der Waals surface area contributed by atoms with Gasteiger partial charge in [0, 0.05) is 5.56 Å². The molecule has 0 saturated heterocycles. The summed E-state index contributed by atoms with van der Waals surface area (Å²) in [5.74, 6) is 0.521. The van der Waals surface area contributed by atoms with Crippen molar-refractivity contribution in [1.29, 1.82) is 0 Å². The van der Waals surface area contributed by atoms with Crippen LogP contribution in [0, 0.1) is 5.41 Å².